The van der Waals surface area contributed by atoms with E-state index in [1.807, 2.05) is 45.0 Å². The molecule has 0 aromatic heterocycles. The molecular weight excluding hydrogens is 392 g/mol. The van der Waals surface area contributed by atoms with Crippen LogP contribution in [-0.4, -0.2) is 36.3 Å². The maximum Gasteiger partial charge on any atom is 0.263 e. The second kappa shape index (κ2) is 10.2. The Morgan fingerprint density at radius 3 is 2.39 bits per heavy atom. The summed E-state index contributed by atoms with van der Waals surface area (Å²) < 4.78 is 5.90. The molecule has 0 aliphatic carbocycles. The molecule has 3 rings (SSSR count). The normalized spacial score (nSPS) is 15.2. The lowest BCUT2D eigenvalue weighted by Gasteiger charge is -2.34. The highest BCUT2D eigenvalue weighted by molar-refractivity contribution is 6.02. The second-order valence-electron chi connectivity index (χ2n) is 7.89. The fourth-order valence-corrected chi connectivity index (χ4v) is 3.63. The molecule has 1 aliphatic heterocycles. The Morgan fingerprint density at radius 1 is 1.03 bits per heavy atom. The number of nitrogens with zero attached hydrogens (tertiary/aromatic N) is 1. The number of aryl methyl sites for hydroxylation is 1. The summed E-state index contributed by atoms with van der Waals surface area (Å²) in [5, 5.41) is 3.00. The first-order valence-corrected chi connectivity index (χ1v) is 10.9. The summed E-state index contributed by atoms with van der Waals surface area (Å²) in [6.07, 6.45) is 1.06. The highest BCUT2D eigenvalue weighted by atomic mass is 16.5. The maximum absolute atomic E-state index is 13.0. The third kappa shape index (κ3) is 5.51. The Hall–Kier alpha value is -3.15. The Labute approximate surface area is 183 Å². The van der Waals surface area contributed by atoms with E-state index in [-0.39, 0.29) is 43.0 Å². The maximum atomic E-state index is 13.0. The van der Waals surface area contributed by atoms with Gasteiger partial charge in [0.15, 0.2) is 11.9 Å². The fraction of sp³-hybridized carbons (Fsp3) is 0.400. The van der Waals surface area contributed by atoms with E-state index in [2.05, 4.69) is 5.32 Å². The number of carbonyl (C=O) groups excluding carboxylic acids is 3. The second-order valence-corrected chi connectivity index (χ2v) is 7.89. The molecule has 0 spiro atoms. The van der Waals surface area contributed by atoms with Crippen LogP contribution in [0.25, 0.3) is 0 Å². The van der Waals surface area contributed by atoms with Gasteiger partial charge in [-0.25, -0.2) is 0 Å². The Kier molecular flexibility index (Phi) is 7.45. The van der Waals surface area contributed by atoms with Gasteiger partial charge in [0, 0.05) is 24.4 Å². The summed E-state index contributed by atoms with van der Waals surface area (Å²) in [4.78, 5) is 39.9. The number of fused-ring (bicyclic) bond motifs is 1. The van der Waals surface area contributed by atoms with Crippen molar-refractivity contribution in [2.75, 3.05) is 11.4 Å². The van der Waals surface area contributed by atoms with Crippen molar-refractivity contribution >= 4 is 23.3 Å². The molecule has 0 radical (unpaired) electrons. The first kappa shape index (κ1) is 22.5. The summed E-state index contributed by atoms with van der Waals surface area (Å²) in [6, 6.07) is 14.6. The van der Waals surface area contributed by atoms with Crippen molar-refractivity contribution in [2.24, 2.45) is 0 Å². The molecule has 6 nitrogen and oxygen atoms in total. The third-order valence-electron chi connectivity index (χ3n) is 5.64. The number of nitrogens with one attached hydrogen (secondary N) is 1. The number of amides is 2. The number of ketones is 1. The van der Waals surface area contributed by atoms with Gasteiger partial charge in [-0.1, -0.05) is 55.8 Å². The van der Waals surface area contributed by atoms with Crippen LogP contribution < -0.4 is 15.0 Å². The van der Waals surface area contributed by atoms with Crippen molar-refractivity contribution < 1.29 is 19.1 Å². The zero-order valence-corrected chi connectivity index (χ0v) is 18.4. The zero-order valence-electron chi connectivity index (χ0n) is 18.4. The summed E-state index contributed by atoms with van der Waals surface area (Å²) in [7, 11) is 0. The number of hydrogen-bond acceptors (Lipinski definition) is 4. The van der Waals surface area contributed by atoms with Gasteiger partial charge >= 0.3 is 0 Å². The predicted molar refractivity (Wildman–Crippen MR) is 120 cm³/mol. The monoisotopic (exact) mass is 422 g/mol. The molecule has 6 heteroatoms. The van der Waals surface area contributed by atoms with Gasteiger partial charge in [0.25, 0.3) is 5.91 Å². The van der Waals surface area contributed by atoms with Crippen LogP contribution in [0.3, 0.4) is 0 Å². The molecule has 2 aromatic rings. The number of rotatable bonds is 8. The van der Waals surface area contributed by atoms with Gasteiger partial charge in [-0.2, -0.15) is 0 Å². The van der Waals surface area contributed by atoms with E-state index in [1.54, 1.807) is 29.2 Å². The van der Waals surface area contributed by atoms with Crippen LogP contribution >= 0.6 is 0 Å². The number of benzene rings is 2. The van der Waals surface area contributed by atoms with E-state index >= 15 is 0 Å². The predicted octanol–water partition coefficient (Wildman–Crippen LogP) is 4.06. The molecule has 31 heavy (non-hydrogen) atoms. The van der Waals surface area contributed by atoms with Crippen molar-refractivity contribution in [3.63, 3.8) is 0 Å². The topological polar surface area (TPSA) is 75.7 Å². The van der Waals surface area contributed by atoms with Gasteiger partial charge in [0.05, 0.1) is 12.2 Å². The Bertz CT molecular complexity index is 935. The lowest BCUT2D eigenvalue weighted by molar-refractivity contribution is -0.129. The molecule has 0 saturated carbocycles. The van der Waals surface area contributed by atoms with Gasteiger partial charge in [-0.15, -0.1) is 0 Å². The first-order chi connectivity index (χ1) is 14.9. The molecule has 2 aromatic carbocycles. The number of carbonyl (C=O) groups is 3. The molecule has 0 fully saturated rings. The van der Waals surface area contributed by atoms with Crippen LogP contribution in [0.15, 0.2) is 48.5 Å². The minimum absolute atomic E-state index is 0.0714. The summed E-state index contributed by atoms with van der Waals surface area (Å²) >= 11 is 0. The molecule has 1 atom stereocenters. The summed E-state index contributed by atoms with van der Waals surface area (Å²) in [5.74, 6) is 0.00265. The largest absolute Gasteiger partial charge is 0.477 e. The SMILES string of the molecule is CCC(CC)NC(=O)C1CN(C(=O)CCC(=O)c2ccc(C)cc2)c2ccccc2O1. The standard InChI is InChI=1S/C25H30N2O4/c1-4-19(5-2)26-25(30)23-16-27(20-8-6-7-9-22(20)31-23)24(29)15-14-21(28)18-12-10-17(3)11-13-18/h6-13,19,23H,4-5,14-16H2,1-3H3,(H,26,30). The molecular formula is C25H30N2O4. The van der Waals surface area contributed by atoms with Crippen molar-refractivity contribution in [1.29, 1.82) is 0 Å². The smallest absolute Gasteiger partial charge is 0.263 e. The van der Waals surface area contributed by atoms with Crippen LogP contribution in [-0.2, 0) is 9.59 Å². The van der Waals surface area contributed by atoms with Crippen LogP contribution in [0.1, 0.15) is 55.5 Å². The van der Waals surface area contributed by atoms with Crippen LogP contribution in [0.2, 0.25) is 0 Å². The van der Waals surface area contributed by atoms with E-state index in [1.165, 1.54) is 0 Å². The van der Waals surface area contributed by atoms with Gasteiger partial charge in [0.2, 0.25) is 5.91 Å². The molecule has 1 heterocycles. The molecule has 0 saturated heterocycles. The van der Waals surface area contributed by atoms with Crippen molar-refractivity contribution in [3.8, 4) is 5.75 Å². The van der Waals surface area contributed by atoms with Crippen LogP contribution in [0.4, 0.5) is 5.69 Å². The van der Waals surface area contributed by atoms with E-state index in [0.717, 1.165) is 18.4 Å². The quantitative estimate of drug-likeness (QED) is 0.651. The van der Waals surface area contributed by atoms with Gasteiger partial charge in [-0.3, -0.25) is 14.4 Å². The van der Waals surface area contributed by atoms with Crippen LogP contribution in [0, 0.1) is 6.92 Å². The van der Waals surface area contributed by atoms with Crippen molar-refractivity contribution in [2.45, 2.75) is 58.6 Å². The third-order valence-corrected chi connectivity index (χ3v) is 5.64. The number of hydrogen-bond donors (Lipinski definition) is 1. The van der Waals surface area contributed by atoms with Crippen LogP contribution in [0.5, 0.6) is 5.75 Å². The molecule has 1 unspecified atom stereocenters. The number of ether oxygens (including phenoxy) is 1. The minimum atomic E-state index is -0.785. The molecule has 1 N–H and O–H groups in total. The lowest BCUT2D eigenvalue weighted by atomic mass is 10.0. The average Bonchev–Trinajstić information content (AvgIpc) is 2.80. The Morgan fingerprint density at radius 2 is 1.71 bits per heavy atom. The van der Waals surface area contributed by atoms with E-state index in [0.29, 0.717) is 17.0 Å². The van der Waals surface area contributed by atoms with E-state index < -0.39 is 6.10 Å². The van der Waals surface area contributed by atoms with E-state index in [9.17, 15) is 14.4 Å². The molecule has 164 valence electrons. The number of para-hydroxylation sites is 2. The Balaban J connectivity index is 1.70. The van der Waals surface area contributed by atoms with Gasteiger partial charge < -0.3 is 15.0 Å². The first-order valence-electron chi connectivity index (χ1n) is 10.9. The average molecular weight is 423 g/mol. The molecule has 2 amide bonds. The minimum Gasteiger partial charge on any atom is -0.477 e. The van der Waals surface area contributed by atoms with Crippen molar-refractivity contribution in [1.82, 2.24) is 5.32 Å². The van der Waals surface area contributed by atoms with Gasteiger partial charge in [-0.05, 0) is 31.9 Å². The molecule has 1 aliphatic rings. The number of Topliss-reactive ketones (excluding diaryl/α,β-unsaturated/α-hetero) is 1. The van der Waals surface area contributed by atoms with Crippen molar-refractivity contribution in [3.05, 3.63) is 59.7 Å². The fourth-order valence-electron chi connectivity index (χ4n) is 3.63. The van der Waals surface area contributed by atoms with E-state index in [4.69, 9.17) is 4.74 Å². The lowest BCUT2D eigenvalue weighted by Crippen LogP contribution is -2.52. The highest BCUT2D eigenvalue weighted by Crippen LogP contribution is 2.33. The summed E-state index contributed by atoms with van der Waals surface area (Å²) in [6.45, 7) is 6.13. The van der Waals surface area contributed by atoms with Gasteiger partial charge in [0.1, 0.15) is 5.75 Å². The summed E-state index contributed by atoms with van der Waals surface area (Å²) in [5.41, 5.74) is 2.31. The highest BCUT2D eigenvalue weighted by Gasteiger charge is 2.34. The molecule has 0 bridgehead atoms. The zero-order chi connectivity index (χ0) is 22.4. The number of anilines is 1.